The largest absolute Gasteiger partial charge is 0.332 e. The van der Waals surface area contributed by atoms with Crippen LogP contribution in [0.4, 0.5) is 5.69 Å². The number of primary sulfonamides is 1. The van der Waals surface area contributed by atoms with Crippen LogP contribution >= 0.6 is 11.6 Å². The van der Waals surface area contributed by atoms with Gasteiger partial charge in [-0.05, 0) is 11.6 Å². The molecule has 1 aromatic carbocycles. The Morgan fingerprint density at radius 3 is 2.65 bits per heavy atom. The van der Waals surface area contributed by atoms with Crippen LogP contribution in [0.5, 0.6) is 0 Å². The Kier molecular flexibility index (Phi) is 3.75. The third kappa shape index (κ3) is 3.13. The Bertz CT molecular complexity index is 771. The Morgan fingerprint density at radius 1 is 1.45 bits per heavy atom. The number of benzene rings is 1. The van der Waals surface area contributed by atoms with Gasteiger partial charge < -0.3 is 4.57 Å². The van der Waals surface area contributed by atoms with Gasteiger partial charge in [-0.3, -0.25) is 10.1 Å². The maximum Gasteiger partial charge on any atom is 0.270 e. The van der Waals surface area contributed by atoms with Crippen molar-refractivity contribution in [3.8, 4) is 0 Å². The number of hydrogen-bond acceptors (Lipinski definition) is 5. The number of sulfonamides is 1. The fraction of sp³-hybridized carbons (Fsp3) is 0.100. The third-order valence-corrected chi connectivity index (χ3v) is 3.65. The van der Waals surface area contributed by atoms with Crippen LogP contribution in [-0.2, 0) is 16.6 Å². The van der Waals surface area contributed by atoms with Gasteiger partial charge in [0.15, 0.2) is 5.03 Å². The number of hydrogen-bond donors (Lipinski definition) is 1. The van der Waals surface area contributed by atoms with Gasteiger partial charge >= 0.3 is 0 Å². The third-order valence-electron chi connectivity index (χ3n) is 2.50. The minimum Gasteiger partial charge on any atom is -0.332 e. The zero-order chi connectivity index (χ0) is 14.9. The molecule has 0 aliphatic heterocycles. The van der Waals surface area contributed by atoms with Gasteiger partial charge in [-0.25, -0.2) is 18.5 Å². The van der Waals surface area contributed by atoms with E-state index in [0.29, 0.717) is 5.56 Å². The average Bonchev–Trinajstić information content (AvgIpc) is 2.80. The number of nitro groups is 1. The molecule has 20 heavy (non-hydrogen) atoms. The van der Waals surface area contributed by atoms with Gasteiger partial charge in [-0.1, -0.05) is 11.6 Å². The Balaban J connectivity index is 2.27. The molecule has 0 saturated heterocycles. The molecule has 0 spiro atoms. The number of nitrogens with two attached hydrogens (primary N) is 1. The van der Waals surface area contributed by atoms with Crippen LogP contribution in [0.2, 0.25) is 5.02 Å². The van der Waals surface area contributed by atoms with E-state index in [1.807, 2.05) is 0 Å². The topological polar surface area (TPSA) is 121 Å². The summed E-state index contributed by atoms with van der Waals surface area (Å²) in [6.07, 6.45) is 2.55. The number of nitrogens with zero attached hydrogens (tertiary/aromatic N) is 3. The van der Waals surface area contributed by atoms with Crippen molar-refractivity contribution in [1.82, 2.24) is 9.55 Å². The smallest absolute Gasteiger partial charge is 0.270 e. The number of halogens is 1. The van der Waals surface area contributed by atoms with Gasteiger partial charge in [0.2, 0.25) is 0 Å². The second-order valence-electron chi connectivity index (χ2n) is 3.96. The predicted molar refractivity (Wildman–Crippen MR) is 70.8 cm³/mol. The van der Waals surface area contributed by atoms with Crippen LogP contribution in [0.1, 0.15) is 5.56 Å². The second kappa shape index (κ2) is 5.19. The molecule has 1 aromatic heterocycles. The van der Waals surface area contributed by atoms with E-state index in [9.17, 15) is 18.5 Å². The lowest BCUT2D eigenvalue weighted by molar-refractivity contribution is -0.384. The van der Waals surface area contributed by atoms with Crippen molar-refractivity contribution >= 4 is 27.3 Å². The molecule has 0 radical (unpaired) electrons. The Morgan fingerprint density at radius 2 is 2.15 bits per heavy atom. The summed E-state index contributed by atoms with van der Waals surface area (Å²) in [4.78, 5) is 13.7. The van der Waals surface area contributed by atoms with Crippen LogP contribution in [0, 0.1) is 10.1 Å². The molecule has 0 aliphatic rings. The highest BCUT2D eigenvalue weighted by Crippen LogP contribution is 2.23. The van der Waals surface area contributed by atoms with Crippen molar-refractivity contribution in [3.05, 3.63) is 51.4 Å². The van der Waals surface area contributed by atoms with Crippen molar-refractivity contribution in [2.45, 2.75) is 11.6 Å². The van der Waals surface area contributed by atoms with Crippen LogP contribution in [-0.4, -0.2) is 22.9 Å². The first-order chi connectivity index (χ1) is 9.27. The van der Waals surface area contributed by atoms with E-state index in [0.717, 1.165) is 0 Å². The summed E-state index contributed by atoms with van der Waals surface area (Å²) in [7, 11) is -3.86. The van der Waals surface area contributed by atoms with Gasteiger partial charge in [0.1, 0.15) is 0 Å². The normalized spacial score (nSPS) is 11.5. The summed E-state index contributed by atoms with van der Waals surface area (Å²) in [6, 6.07) is 4.05. The van der Waals surface area contributed by atoms with Gasteiger partial charge in [0.05, 0.1) is 22.8 Å². The van der Waals surface area contributed by atoms with Crippen LogP contribution in [0.3, 0.4) is 0 Å². The summed E-state index contributed by atoms with van der Waals surface area (Å²) in [6.45, 7) is 0.222. The van der Waals surface area contributed by atoms with Crippen molar-refractivity contribution in [3.63, 3.8) is 0 Å². The first-order valence-corrected chi connectivity index (χ1v) is 7.17. The molecule has 0 bridgehead atoms. The fourth-order valence-electron chi connectivity index (χ4n) is 1.55. The van der Waals surface area contributed by atoms with Crippen molar-refractivity contribution in [2.24, 2.45) is 5.14 Å². The lowest BCUT2D eigenvalue weighted by Gasteiger charge is -2.04. The molecular weight excluding hydrogens is 308 g/mol. The fourth-order valence-corrected chi connectivity index (χ4v) is 2.26. The van der Waals surface area contributed by atoms with E-state index in [-0.39, 0.29) is 22.3 Å². The molecule has 0 fully saturated rings. The SMILES string of the molecule is NS(=O)(=O)c1cn(Cc2ccc([N+](=O)[O-])cc2Cl)cn1. The summed E-state index contributed by atoms with van der Waals surface area (Å²) in [5.41, 5.74) is 0.477. The number of rotatable bonds is 4. The van der Waals surface area contributed by atoms with E-state index in [1.165, 1.54) is 35.3 Å². The minimum absolute atomic E-state index is 0.116. The van der Waals surface area contributed by atoms with Crippen LogP contribution in [0.15, 0.2) is 35.7 Å². The highest BCUT2D eigenvalue weighted by molar-refractivity contribution is 7.89. The molecule has 10 heteroatoms. The van der Waals surface area contributed by atoms with Gasteiger partial charge in [0, 0.05) is 18.3 Å². The number of nitro benzene ring substituents is 1. The number of imidazole rings is 1. The van der Waals surface area contributed by atoms with Gasteiger partial charge in [-0.15, -0.1) is 0 Å². The summed E-state index contributed by atoms with van der Waals surface area (Å²) in [5, 5.41) is 15.5. The summed E-state index contributed by atoms with van der Waals surface area (Å²) < 4.78 is 23.6. The number of aromatic nitrogens is 2. The molecule has 1 heterocycles. The van der Waals surface area contributed by atoms with E-state index in [2.05, 4.69) is 4.98 Å². The summed E-state index contributed by atoms with van der Waals surface area (Å²) >= 11 is 5.94. The maximum atomic E-state index is 11.1. The van der Waals surface area contributed by atoms with E-state index >= 15 is 0 Å². The quantitative estimate of drug-likeness (QED) is 0.669. The van der Waals surface area contributed by atoms with E-state index in [1.54, 1.807) is 0 Å². The Labute approximate surface area is 119 Å². The molecule has 2 N–H and O–H groups in total. The lowest BCUT2D eigenvalue weighted by Crippen LogP contribution is -2.12. The molecule has 0 atom stereocenters. The molecule has 0 amide bonds. The van der Waals surface area contributed by atoms with Crippen molar-refractivity contribution in [2.75, 3.05) is 0 Å². The molecule has 0 unspecified atom stereocenters. The van der Waals surface area contributed by atoms with Crippen LogP contribution in [0.25, 0.3) is 0 Å². The summed E-state index contributed by atoms with van der Waals surface area (Å²) in [5.74, 6) is 0. The lowest BCUT2D eigenvalue weighted by atomic mass is 10.2. The van der Waals surface area contributed by atoms with Crippen LogP contribution < -0.4 is 5.14 Å². The predicted octanol–water partition coefficient (Wildman–Crippen LogP) is 1.14. The first kappa shape index (κ1) is 14.4. The molecule has 0 aliphatic carbocycles. The number of non-ortho nitro benzene ring substituents is 1. The average molecular weight is 317 g/mol. The molecule has 8 nitrogen and oxygen atoms in total. The van der Waals surface area contributed by atoms with E-state index < -0.39 is 14.9 Å². The highest BCUT2D eigenvalue weighted by Gasteiger charge is 2.13. The molecular formula is C10H9ClN4O4S. The van der Waals surface area contributed by atoms with Crippen molar-refractivity contribution in [1.29, 1.82) is 0 Å². The monoisotopic (exact) mass is 316 g/mol. The van der Waals surface area contributed by atoms with Crippen molar-refractivity contribution < 1.29 is 13.3 Å². The second-order valence-corrected chi connectivity index (χ2v) is 5.88. The standard InChI is InChI=1S/C10H9ClN4O4S/c11-9-3-8(15(16)17)2-1-7(9)4-14-5-10(13-6-14)20(12,18)19/h1-3,5-6H,4H2,(H2,12,18,19). The van der Waals surface area contributed by atoms with E-state index in [4.69, 9.17) is 16.7 Å². The zero-order valence-corrected chi connectivity index (χ0v) is 11.5. The highest BCUT2D eigenvalue weighted by atomic mass is 35.5. The van der Waals surface area contributed by atoms with Gasteiger partial charge in [0.25, 0.3) is 15.7 Å². The molecule has 2 rings (SSSR count). The molecule has 106 valence electrons. The Hall–Kier alpha value is -1.97. The first-order valence-electron chi connectivity index (χ1n) is 5.25. The molecule has 0 saturated carbocycles. The maximum absolute atomic E-state index is 11.1. The molecule has 2 aromatic rings. The van der Waals surface area contributed by atoms with Gasteiger partial charge in [-0.2, -0.15) is 0 Å². The zero-order valence-electron chi connectivity index (χ0n) is 9.93. The minimum atomic E-state index is -3.86.